The Morgan fingerprint density at radius 1 is 0.241 bits per heavy atom. The first-order valence-electron chi connectivity index (χ1n) is 37.8. The van der Waals surface area contributed by atoms with E-state index < -0.39 is 6.10 Å². The van der Waals surface area contributed by atoms with Crippen LogP contribution in [0, 0.1) is 0 Å². The molecular formula is C77H146O6. The van der Waals surface area contributed by atoms with Crippen LogP contribution in [-0.2, 0) is 28.6 Å². The summed E-state index contributed by atoms with van der Waals surface area (Å²) in [6.45, 7) is 6.71. The van der Waals surface area contributed by atoms with Gasteiger partial charge in [0, 0.05) is 19.3 Å². The first-order chi connectivity index (χ1) is 41.0. The Bertz CT molecular complexity index is 1340. The number of allylic oxidation sites excluding steroid dienone is 4. The highest BCUT2D eigenvalue weighted by molar-refractivity contribution is 5.71. The molecule has 0 fully saturated rings. The fraction of sp³-hybridized carbons (Fsp3) is 0.909. The predicted molar refractivity (Wildman–Crippen MR) is 363 cm³/mol. The van der Waals surface area contributed by atoms with Gasteiger partial charge in [-0.3, -0.25) is 14.4 Å². The van der Waals surface area contributed by atoms with Crippen LogP contribution in [0.4, 0.5) is 0 Å². The molecule has 0 amide bonds. The number of ether oxygens (including phenoxy) is 3. The van der Waals surface area contributed by atoms with Crippen LogP contribution in [0.5, 0.6) is 0 Å². The maximum absolute atomic E-state index is 13.0. The molecule has 0 spiro atoms. The SMILES string of the molecule is CCCCCCC/C=C\C/C=C\CCCCCCCCCCCCCCCCCC(=O)OCC(COC(=O)CCCCCCCCCCCCC)OC(=O)CCCCCCCCCCCCCCCCCCCCCCCCCCCCC. The Morgan fingerprint density at radius 3 is 0.663 bits per heavy atom. The van der Waals surface area contributed by atoms with E-state index in [1.54, 1.807) is 0 Å². The molecular weight excluding hydrogens is 1020 g/mol. The van der Waals surface area contributed by atoms with Gasteiger partial charge < -0.3 is 14.2 Å². The van der Waals surface area contributed by atoms with Crippen molar-refractivity contribution in [2.45, 2.75) is 438 Å². The highest BCUT2D eigenvalue weighted by Gasteiger charge is 2.20. The molecule has 6 nitrogen and oxygen atoms in total. The Hall–Kier alpha value is -2.11. The maximum Gasteiger partial charge on any atom is 0.306 e. The predicted octanol–water partition coefficient (Wildman–Crippen LogP) is 26.1. The van der Waals surface area contributed by atoms with Gasteiger partial charge in [-0.15, -0.1) is 0 Å². The number of unbranched alkanes of at least 4 members (excludes halogenated alkanes) is 56. The second-order valence-electron chi connectivity index (χ2n) is 25.9. The van der Waals surface area contributed by atoms with Gasteiger partial charge in [-0.25, -0.2) is 0 Å². The van der Waals surface area contributed by atoms with Crippen LogP contribution in [0.25, 0.3) is 0 Å². The van der Waals surface area contributed by atoms with Gasteiger partial charge in [-0.2, -0.15) is 0 Å². The van der Waals surface area contributed by atoms with Crippen LogP contribution in [0.3, 0.4) is 0 Å². The lowest BCUT2D eigenvalue weighted by molar-refractivity contribution is -0.167. The summed E-state index contributed by atoms with van der Waals surface area (Å²) in [6.07, 6.45) is 89.5. The van der Waals surface area contributed by atoms with Crippen molar-refractivity contribution in [1.82, 2.24) is 0 Å². The second-order valence-corrected chi connectivity index (χ2v) is 25.9. The van der Waals surface area contributed by atoms with Crippen LogP contribution >= 0.6 is 0 Å². The lowest BCUT2D eigenvalue weighted by atomic mass is 10.0. The topological polar surface area (TPSA) is 78.9 Å². The molecule has 6 heteroatoms. The summed E-state index contributed by atoms with van der Waals surface area (Å²) in [4.78, 5) is 38.4. The Labute approximate surface area is 519 Å². The molecule has 0 radical (unpaired) electrons. The Morgan fingerprint density at radius 2 is 0.434 bits per heavy atom. The molecule has 0 N–H and O–H groups in total. The molecule has 0 bridgehead atoms. The zero-order valence-electron chi connectivity index (χ0n) is 56.5. The highest BCUT2D eigenvalue weighted by Crippen LogP contribution is 2.19. The van der Waals surface area contributed by atoms with E-state index in [0.717, 1.165) is 64.2 Å². The number of esters is 3. The van der Waals surface area contributed by atoms with Gasteiger partial charge in [0.15, 0.2) is 6.10 Å². The van der Waals surface area contributed by atoms with Crippen molar-refractivity contribution in [1.29, 1.82) is 0 Å². The van der Waals surface area contributed by atoms with Gasteiger partial charge in [-0.05, 0) is 51.4 Å². The van der Waals surface area contributed by atoms with Crippen molar-refractivity contribution >= 4 is 17.9 Å². The van der Waals surface area contributed by atoms with Crippen LogP contribution in [0.15, 0.2) is 24.3 Å². The molecule has 0 saturated carbocycles. The van der Waals surface area contributed by atoms with Crippen molar-refractivity contribution in [2.24, 2.45) is 0 Å². The van der Waals surface area contributed by atoms with Crippen LogP contribution < -0.4 is 0 Å². The highest BCUT2D eigenvalue weighted by atomic mass is 16.6. The molecule has 0 aliphatic rings. The molecule has 1 unspecified atom stereocenters. The average molecular weight is 1170 g/mol. The van der Waals surface area contributed by atoms with Gasteiger partial charge in [0.2, 0.25) is 0 Å². The third-order valence-electron chi connectivity index (χ3n) is 17.5. The standard InChI is InChI=1S/C77H146O6/c1-4-7-10-13-16-19-22-24-26-28-30-32-34-36-38-40-42-44-46-48-50-52-55-58-61-64-67-70-76(79)82-73-74(72-81-75(78)69-66-63-60-57-54-21-18-15-12-9-6-3)83-77(80)71-68-65-62-59-56-53-51-49-47-45-43-41-39-37-35-33-31-29-27-25-23-20-17-14-11-8-5-2/h22,24,28,30,74H,4-21,23,25-27,29,31-73H2,1-3H3/b24-22-,30-28-. The average Bonchev–Trinajstić information content (AvgIpc) is 3.48. The number of rotatable bonds is 71. The maximum atomic E-state index is 13.0. The monoisotopic (exact) mass is 1170 g/mol. The van der Waals surface area contributed by atoms with E-state index in [1.165, 1.54) is 327 Å². The number of hydrogen-bond acceptors (Lipinski definition) is 6. The van der Waals surface area contributed by atoms with Crippen molar-refractivity contribution in [2.75, 3.05) is 13.2 Å². The summed E-state index contributed by atoms with van der Waals surface area (Å²) in [5.41, 5.74) is 0. The third-order valence-corrected chi connectivity index (χ3v) is 17.5. The minimum absolute atomic E-state index is 0.0638. The van der Waals surface area contributed by atoms with Crippen LogP contribution in [0.2, 0.25) is 0 Å². The summed E-state index contributed by atoms with van der Waals surface area (Å²) < 4.78 is 17.0. The smallest absolute Gasteiger partial charge is 0.306 e. The minimum Gasteiger partial charge on any atom is -0.462 e. The molecule has 0 aromatic rings. The molecule has 0 saturated heterocycles. The van der Waals surface area contributed by atoms with Gasteiger partial charge in [-0.1, -0.05) is 385 Å². The quantitative estimate of drug-likeness (QED) is 0.0261. The largest absolute Gasteiger partial charge is 0.462 e. The molecule has 83 heavy (non-hydrogen) atoms. The summed E-state index contributed by atoms with van der Waals surface area (Å²) in [7, 11) is 0. The van der Waals surface area contributed by atoms with Gasteiger partial charge in [0.25, 0.3) is 0 Å². The molecule has 0 aromatic carbocycles. The van der Waals surface area contributed by atoms with E-state index in [0.29, 0.717) is 19.3 Å². The first-order valence-corrected chi connectivity index (χ1v) is 37.8. The Balaban J connectivity index is 4.12. The molecule has 0 aromatic heterocycles. The van der Waals surface area contributed by atoms with Gasteiger partial charge in [0.1, 0.15) is 13.2 Å². The number of carbonyl (C=O) groups excluding carboxylic acids is 3. The zero-order valence-corrected chi connectivity index (χ0v) is 56.5. The van der Waals surface area contributed by atoms with Crippen LogP contribution in [0.1, 0.15) is 432 Å². The summed E-state index contributed by atoms with van der Waals surface area (Å²) in [5.74, 6) is -0.829. The van der Waals surface area contributed by atoms with E-state index >= 15 is 0 Å². The lowest BCUT2D eigenvalue weighted by Gasteiger charge is -2.18. The van der Waals surface area contributed by atoms with Crippen molar-refractivity contribution in [3.05, 3.63) is 24.3 Å². The number of hydrogen-bond donors (Lipinski definition) is 0. The summed E-state index contributed by atoms with van der Waals surface area (Å²) in [6, 6.07) is 0. The van der Waals surface area contributed by atoms with E-state index in [4.69, 9.17) is 14.2 Å². The van der Waals surface area contributed by atoms with Gasteiger partial charge in [0.05, 0.1) is 0 Å². The fourth-order valence-corrected chi connectivity index (χ4v) is 11.8. The van der Waals surface area contributed by atoms with Crippen molar-refractivity contribution in [3.8, 4) is 0 Å². The number of carbonyl (C=O) groups is 3. The molecule has 0 rings (SSSR count). The normalized spacial score (nSPS) is 12.1. The fourth-order valence-electron chi connectivity index (χ4n) is 11.8. The van der Waals surface area contributed by atoms with Crippen molar-refractivity contribution < 1.29 is 28.6 Å². The van der Waals surface area contributed by atoms with Crippen LogP contribution in [-0.4, -0.2) is 37.2 Å². The third kappa shape index (κ3) is 70.5. The molecule has 0 heterocycles. The Kier molecular flexibility index (Phi) is 70.5. The molecule has 0 aliphatic carbocycles. The second kappa shape index (κ2) is 72.4. The van der Waals surface area contributed by atoms with E-state index in [1.807, 2.05) is 0 Å². The summed E-state index contributed by atoms with van der Waals surface area (Å²) in [5, 5.41) is 0. The van der Waals surface area contributed by atoms with E-state index in [-0.39, 0.29) is 31.1 Å². The lowest BCUT2D eigenvalue weighted by Crippen LogP contribution is -2.30. The van der Waals surface area contributed by atoms with E-state index in [2.05, 4.69) is 45.1 Å². The zero-order chi connectivity index (χ0) is 59.9. The molecule has 490 valence electrons. The first kappa shape index (κ1) is 80.9. The summed E-state index contributed by atoms with van der Waals surface area (Å²) >= 11 is 0. The van der Waals surface area contributed by atoms with Gasteiger partial charge >= 0.3 is 17.9 Å². The van der Waals surface area contributed by atoms with E-state index in [9.17, 15) is 14.4 Å². The minimum atomic E-state index is -0.767. The molecule has 0 aliphatic heterocycles. The molecule has 1 atom stereocenters. The van der Waals surface area contributed by atoms with Crippen molar-refractivity contribution in [3.63, 3.8) is 0 Å².